The maximum atomic E-state index is 12.8. The number of hydrogen-bond acceptors (Lipinski definition) is 5. The zero-order valence-corrected chi connectivity index (χ0v) is 16.5. The number of carbonyl (C=O) groups excluding carboxylic acids is 1. The average molecular weight is 467 g/mol. The number of nitrogens with one attached hydrogen (secondary N) is 1. The average Bonchev–Trinajstić information content (AvgIpc) is 2.83. The van der Waals surface area contributed by atoms with Crippen molar-refractivity contribution in [3.05, 3.63) is 25.2 Å². The number of hydrogen-bond donors (Lipinski definition) is 1. The van der Waals surface area contributed by atoms with Gasteiger partial charge in [0, 0.05) is 13.1 Å². The molecule has 2 aliphatic rings. The highest BCUT2D eigenvalue weighted by Gasteiger charge is 2.44. The summed E-state index contributed by atoms with van der Waals surface area (Å²) in [5.74, 6) is -0.239. The number of pyridine rings is 1. The van der Waals surface area contributed by atoms with Crippen LogP contribution >= 0.6 is 22.6 Å². The summed E-state index contributed by atoms with van der Waals surface area (Å²) in [6, 6.07) is -0.617. The summed E-state index contributed by atoms with van der Waals surface area (Å²) < 4.78 is 33.4. The fourth-order valence-electron chi connectivity index (χ4n) is 3.52. The van der Waals surface area contributed by atoms with Crippen molar-refractivity contribution in [2.45, 2.75) is 25.4 Å². The third kappa shape index (κ3) is 2.64. The molecule has 0 saturated heterocycles. The van der Waals surface area contributed by atoms with Gasteiger partial charge in [0.25, 0.3) is 5.91 Å². The normalized spacial score (nSPS) is 22.7. The first-order valence-corrected chi connectivity index (χ1v) is 10.4. The Hall–Kier alpha value is -1.14. The van der Waals surface area contributed by atoms with E-state index in [0.717, 1.165) is 6.26 Å². The van der Waals surface area contributed by atoms with E-state index < -0.39 is 16.1 Å². The lowest BCUT2D eigenvalue weighted by Gasteiger charge is -2.34. The van der Waals surface area contributed by atoms with Crippen LogP contribution in [0.15, 0.2) is 4.79 Å². The first kappa shape index (κ1) is 17.7. The predicted molar refractivity (Wildman–Crippen MR) is 95.9 cm³/mol. The van der Waals surface area contributed by atoms with Gasteiger partial charge in [-0.3, -0.25) is 9.59 Å². The molecule has 1 N–H and O–H groups in total. The lowest BCUT2D eigenvalue weighted by molar-refractivity contribution is 0.0676. The van der Waals surface area contributed by atoms with Gasteiger partial charge in [0.2, 0.25) is 15.5 Å². The molecule has 2 aliphatic heterocycles. The van der Waals surface area contributed by atoms with Crippen molar-refractivity contribution < 1.29 is 17.9 Å². The first-order valence-electron chi connectivity index (χ1n) is 7.48. The third-order valence-corrected chi connectivity index (χ3v) is 6.17. The number of aromatic nitrogens is 1. The fourth-order valence-corrected chi connectivity index (χ4v) is 5.12. The Morgan fingerprint density at radius 1 is 1.38 bits per heavy atom. The molecule has 1 amide bonds. The van der Waals surface area contributed by atoms with Crippen LogP contribution < -0.4 is 14.9 Å². The molecule has 0 saturated carbocycles. The van der Waals surface area contributed by atoms with Gasteiger partial charge >= 0.3 is 0 Å². The lowest BCUT2D eigenvalue weighted by atomic mass is 10.1. The summed E-state index contributed by atoms with van der Waals surface area (Å²) in [5, 5.41) is 0. The molecule has 3 rings (SSSR count). The lowest BCUT2D eigenvalue weighted by Crippen LogP contribution is -2.44. The number of likely N-dealkylation sites (N-methyl/N-ethyl adjacent to an activating group) is 1. The molecular weight excluding hydrogens is 449 g/mol. The Balaban J connectivity index is 2.29. The molecule has 0 fully saturated rings. The summed E-state index contributed by atoms with van der Waals surface area (Å²) in [4.78, 5) is 27.0. The van der Waals surface area contributed by atoms with Crippen molar-refractivity contribution in [2.24, 2.45) is 0 Å². The molecule has 0 bridgehead atoms. The number of amides is 1. The van der Waals surface area contributed by atoms with Crippen LogP contribution in [0, 0.1) is 3.57 Å². The van der Waals surface area contributed by atoms with Crippen LogP contribution in [0.2, 0.25) is 0 Å². The molecule has 8 nitrogen and oxygen atoms in total. The zero-order chi connectivity index (χ0) is 17.8. The van der Waals surface area contributed by atoms with Crippen molar-refractivity contribution in [2.75, 3.05) is 26.5 Å². The Labute approximate surface area is 153 Å². The van der Waals surface area contributed by atoms with Crippen LogP contribution in [0.1, 0.15) is 41.6 Å². The summed E-state index contributed by atoms with van der Waals surface area (Å²) >= 11 is 1.90. The largest absolute Gasteiger partial charge is 0.491 e. The van der Waals surface area contributed by atoms with Crippen molar-refractivity contribution in [3.8, 4) is 5.75 Å². The number of rotatable bonds is 4. The maximum absolute atomic E-state index is 12.8. The zero-order valence-electron chi connectivity index (χ0n) is 13.5. The quantitative estimate of drug-likeness (QED) is 0.650. The molecular formula is C14H18IN3O5S. The van der Waals surface area contributed by atoms with Crippen LogP contribution in [0.25, 0.3) is 0 Å². The van der Waals surface area contributed by atoms with Gasteiger partial charge in [0.05, 0.1) is 34.7 Å². The molecule has 3 heterocycles. The Morgan fingerprint density at radius 3 is 2.58 bits per heavy atom. The molecule has 0 aliphatic carbocycles. The van der Waals surface area contributed by atoms with E-state index in [-0.39, 0.29) is 28.8 Å². The summed E-state index contributed by atoms with van der Waals surface area (Å²) in [6.07, 6.45) is 1.58. The summed E-state index contributed by atoms with van der Waals surface area (Å²) in [5.41, 5.74) is 0.386. The standard InChI is InChI=1S/C14H18IN3O5S/c1-4-17-6-7-5-8(16-24(3,21)22)10-9(15)12(19)13(23-2)11(14(17)20)18(7)10/h7-8,16H,4-6H2,1-3H3/t7-,8+/m0/s1. The monoisotopic (exact) mass is 467 g/mol. The van der Waals surface area contributed by atoms with Gasteiger partial charge in [0.1, 0.15) is 0 Å². The highest BCUT2D eigenvalue weighted by molar-refractivity contribution is 14.1. The van der Waals surface area contributed by atoms with Crippen LogP contribution in [-0.4, -0.2) is 50.2 Å². The van der Waals surface area contributed by atoms with E-state index >= 15 is 0 Å². The molecule has 24 heavy (non-hydrogen) atoms. The first-order chi connectivity index (χ1) is 11.2. The molecule has 132 valence electrons. The maximum Gasteiger partial charge on any atom is 0.274 e. The van der Waals surface area contributed by atoms with Gasteiger partial charge in [-0.1, -0.05) is 0 Å². The minimum Gasteiger partial charge on any atom is -0.491 e. The molecule has 1 aromatic heterocycles. The second-order valence-corrected chi connectivity index (χ2v) is 8.81. The Morgan fingerprint density at radius 2 is 2.04 bits per heavy atom. The second-order valence-electron chi connectivity index (χ2n) is 5.96. The molecule has 10 heteroatoms. The van der Waals surface area contributed by atoms with Crippen LogP contribution in [-0.2, 0) is 10.0 Å². The topological polar surface area (TPSA) is 97.7 Å². The second kappa shape index (κ2) is 5.99. The number of ether oxygens (including phenoxy) is 1. The number of methoxy groups -OCH3 is 1. The smallest absolute Gasteiger partial charge is 0.274 e. The van der Waals surface area contributed by atoms with E-state index in [0.29, 0.717) is 28.8 Å². The van der Waals surface area contributed by atoms with Gasteiger partial charge in [-0.15, -0.1) is 0 Å². The van der Waals surface area contributed by atoms with E-state index in [1.165, 1.54) is 7.11 Å². The molecule has 2 atom stereocenters. The molecule has 0 aromatic carbocycles. The van der Waals surface area contributed by atoms with Crippen molar-refractivity contribution in [1.82, 2.24) is 14.2 Å². The van der Waals surface area contributed by atoms with Gasteiger partial charge in [0.15, 0.2) is 11.4 Å². The molecule has 0 radical (unpaired) electrons. The van der Waals surface area contributed by atoms with E-state index in [1.54, 1.807) is 9.47 Å². The van der Waals surface area contributed by atoms with Gasteiger partial charge in [-0.2, -0.15) is 0 Å². The summed E-state index contributed by atoms with van der Waals surface area (Å²) in [7, 11) is -2.09. The summed E-state index contributed by atoms with van der Waals surface area (Å²) in [6.45, 7) is 2.87. The minimum atomic E-state index is -3.45. The fraction of sp³-hybridized carbons (Fsp3) is 0.571. The Bertz CT molecular complexity index is 879. The van der Waals surface area contributed by atoms with E-state index in [1.807, 2.05) is 29.5 Å². The van der Waals surface area contributed by atoms with Gasteiger partial charge < -0.3 is 14.2 Å². The van der Waals surface area contributed by atoms with Crippen molar-refractivity contribution in [3.63, 3.8) is 0 Å². The minimum absolute atomic E-state index is 0.0244. The number of halogens is 1. The van der Waals surface area contributed by atoms with Crippen molar-refractivity contribution >= 4 is 38.5 Å². The van der Waals surface area contributed by atoms with E-state index in [9.17, 15) is 18.0 Å². The highest BCUT2D eigenvalue weighted by Crippen LogP contribution is 2.42. The number of carbonyl (C=O) groups is 1. The molecule has 1 aromatic rings. The number of nitrogens with zero attached hydrogens (tertiary/aromatic N) is 2. The van der Waals surface area contributed by atoms with Crippen LogP contribution in [0.3, 0.4) is 0 Å². The molecule has 0 spiro atoms. The Kier molecular flexibility index (Phi) is 4.41. The van der Waals surface area contributed by atoms with E-state index in [4.69, 9.17) is 4.74 Å². The van der Waals surface area contributed by atoms with Gasteiger partial charge in [-0.25, -0.2) is 13.1 Å². The molecule has 0 unspecified atom stereocenters. The highest BCUT2D eigenvalue weighted by atomic mass is 127. The van der Waals surface area contributed by atoms with E-state index in [2.05, 4.69) is 4.72 Å². The van der Waals surface area contributed by atoms with Crippen LogP contribution in [0.4, 0.5) is 0 Å². The third-order valence-electron chi connectivity index (χ3n) is 4.41. The van der Waals surface area contributed by atoms with Gasteiger partial charge in [-0.05, 0) is 35.9 Å². The number of sulfonamides is 1. The van der Waals surface area contributed by atoms with Crippen LogP contribution in [0.5, 0.6) is 5.75 Å². The predicted octanol–water partition coefficient (Wildman–Crippen LogP) is 0.472. The van der Waals surface area contributed by atoms with Crippen molar-refractivity contribution in [1.29, 1.82) is 0 Å². The SMILES string of the molecule is CCN1C[C@@H]2C[C@@H](NS(C)(=O)=O)c3c(I)c(=O)c(OC)c(n32)C1=O.